The number of nitrogens with zero attached hydrogens (tertiary/aromatic N) is 2. The van der Waals surface area contributed by atoms with Crippen LogP contribution in [0, 0.1) is 0 Å². The third-order valence-corrected chi connectivity index (χ3v) is 3.19. The van der Waals surface area contributed by atoms with Crippen molar-refractivity contribution in [2.24, 2.45) is 5.73 Å². The van der Waals surface area contributed by atoms with E-state index in [1.54, 1.807) is 0 Å². The van der Waals surface area contributed by atoms with E-state index < -0.39 is 0 Å². The van der Waals surface area contributed by atoms with Gasteiger partial charge in [-0.3, -0.25) is 4.98 Å². The molecule has 1 rings (SSSR count). The number of hydrogen-bond donors (Lipinski definition) is 1. The van der Waals surface area contributed by atoms with E-state index in [2.05, 4.69) is 36.7 Å². The zero-order chi connectivity index (χ0) is 13.5. The number of hydrogen-bond acceptors (Lipinski definition) is 3. The van der Waals surface area contributed by atoms with Crippen LogP contribution in [0.3, 0.4) is 0 Å². The van der Waals surface area contributed by atoms with E-state index in [9.17, 15) is 0 Å². The Labute approximate surface area is 111 Å². The summed E-state index contributed by atoms with van der Waals surface area (Å²) in [5.41, 5.74) is 7.98. The Balaban J connectivity index is 2.72. The molecular formula is C15H27N3. The van der Waals surface area contributed by atoms with Crippen LogP contribution >= 0.6 is 0 Å². The zero-order valence-electron chi connectivity index (χ0n) is 12.2. The monoisotopic (exact) mass is 249 g/mol. The molecule has 0 fully saturated rings. The van der Waals surface area contributed by atoms with Crippen molar-refractivity contribution >= 4 is 5.69 Å². The van der Waals surface area contributed by atoms with Crippen LogP contribution in [-0.4, -0.2) is 17.6 Å². The molecule has 18 heavy (non-hydrogen) atoms. The minimum absolute atomic E-state index is 0.00615. The quantitative estimate of drug-likeness (QED) is 0.752. The number of unbranched alkanes of at least 4 members (excludes halogenated alkanes) is 2. The van der Waals surface area contributed by atoms with Gasteiger partial charge in [0.1, 0.15) is 0 Å². The third kappa shape index (κ3) is 4.30. The van der Waals surface area contributed by atoms with Crippen molar-refractivity contribution in [2.75, 3.05) is 11.4 Å². The number of aromatic nitrogens is 1. The second-order valence-corrected chi connectivity index (χ2v) is 5.22. The van der Waals surface area contributed by atoms with Gasteiger partial charge in [0.15, 0.2) is 0 Å². The minimum atomic E-state index is 0.00615. The molecule has 0 spiro atoms. The first kappa shape index (κ1) is 15.0. The second-order valence-electron chi connectivity index (χ2n) is 5.22. The lowest BCUT2D eigenvalue weighted by molar-refractivity contribution is 0.624. The Hall–Kier alpha value is -1.09. The minimum Gasteiger partial charge on any atom is -0.368 e. The Bertz CT molecular complexity index is 330. The van der Waals surface area contributed by atoms with Gasteiger partial charge in [0.2, 0.25) is 0 Å². The van der Waals surface area contributed by atoms with Gasteiger partial charge in [0, 0.05) is 18.6 Å². The second kappa shape index (κ2) is 7.37. The highest BCUT2D eigenvalue weighted by atomic mass is 15.2. The predicted molar refractivity (Wildman–Crippen MR) is 78.8 cm³/mol. The molecule has 0 aliphatic carbocycles. The first-order chi connectivity index (χ1) is 8.56. The SMILES string of the molecule is CCCCCN(c1ccc([C@H](C)N)nc1)C(C)C. The molecule has 0 amide bonds. The summed E-state index contributed by atoms with van der Waals surface area (Å²) in [4.78, 5) is 6.85. The summed E-state index contributed by atoms with van der Waals surface area (Å²) < 4.78 is 0. The first-order valence-corrected chi connectivity index (χ1v) is 7.04. The molecule has 3 heteroatoms. The van der Waals surface area contributed by atoms with Gasteiger partial charge in [-0.15, -0.1) is 0 Å². The first-order valence-electron chi connectivity index (χ1n) is 7.04. The molecule has 1 aromatic rings. The van der Waals surface area contributed by atoms with Gasteiger partial charge in [0.25, 0.3) is 0 Å². The molecule has 0 aliphatic rings. The molecule has 3 nitrogen and oxygen atoms in total. The topological polar surface area (TPSA) is 42.1 Å². The van der Waals surface area contributed by atoms with Crippen molar-refractivity contribution < 1.29 is 0 Å². The summed E-state index contributed by atoms with van der Waals surface area (Å²) >= 11 is 0. The summed E-state index contributed by atoms with van der Waals surface area (Å²) in [5, 5.41) is 0. The van der Waals surface area contributed by atoms with Crippen molar-refractivity contribution in [2.45, 2.75) is 59.0 Å². The molecule has 1 aromatic heterocycles. The lowest BCUT2D eigenvalue weighted by Crippen LogP contribution is -2.31. The molecule has 1 atom stereocenters. The van der Waals surface area contributed by atoms with Crippen LogP contribution in [0.5, 0.6) is 0 Å². The van der Waals surface area contributed by atoms with Gasteiger partial charge in [-0.1, -0.05) is 19.8 Å². The Kier molecular flexibility index (Phi) is 6.13. The fourth-order valence-corrected chi connectivity index (χ4v) is 2.05. The van der Waals surface area contributed by atoms with Crippen molar-refractivity contribution in [3.8, 4) is 0 Å². The van der Waals surface area contributed by atoms with Crippen LogP contribution in [0.2, 0.25) is 0 Å². The van der Waals surface area contributed by atoms with Gasteiger partial charge in [0.05, 0.1) is 17.6 Å². The molecule has 0 aromatic carbocycles. The fourth-order valence-electron chi connectivity index (χ4n) is 2.05. The maximum absolute atomic E-state index is 5.82. The molecule has 0 saturated carbocycles. The average Bonchev–Trinajstić information content (AvgIpc) is 2.34. The summed E-state index contributed by atoms with van der Waals surface area (Å²) in [6.45, 7) is 9.75. The van der Waals surface area contributed by atoms with Crippen LogP contribution in [-0.2, 0) is 0 Å². The molecular weight excluding hydrogens is 222 g/mol. The predicted octanol–water partition coefficient (Wildman–Crippen LogP) is 3.51. The molecule has 0 bridgehead atoms. The number of pyridine rings is 1. The largest absolute Gasteiger partial charge is 0.368 e. The summed E-state index contributed by atoms with van der Waals surface area (Å²) in [6, 6.07) is 4.68. The van der Waals surface area contributed by atoms with Gasteiger partial charge in [-0.25, -0.2) is 0 Å². The normalized spacial score (nSPS) is 12.8. The summed E-state index contributed by atoms with van der Waals surface area (Å²) in [7, 11) is 0. The lowest BCUT2D eigenvalue weighted by atomic mass is 10.2. The third-order valence-electron chi connectivity index (χ3n) is 3.19. The van der Waals surface area contributed by atoms with E-state index in [1.807, 2.05) is 19.2 Å². The molecule has 0 unspecified atom stereocenters. The van der Waals surface area contributed by atoms with E-state index in [4.69, 9.17) is 5.73 Å². The van der Waals surface area contributed by atoms with Crippen LogP contribution in [0.4, 0.5) is 5.69 Å². The Morgan fingerprint density at radius 1 is 1.22 bits per heavy atom. The Morgan fingerprint density at radius 3 is 2.39 bits per heavy atom. The molecule has 1 heterocycles. The molecule has 0 saturated heterocycles. The van der Waals surface area contributed by atoms with E-state index >= 15 is 0 Å². The molecule has 0 aliphatic heterocycles. The standard InChI is InChI=1S/C15H27N3/c1-5-6-7-10-18(12(2)3)14-8-9-15(13(4)16)17-11-14/h8-9,11-13H,5-7,10,16H2,1-4H3/t13-/m0/s1. The van der Waals surface area contributed by atoms with Crippen LogP contribution in [0.25, 0.3) is 0 Å². The smallest absolute Gasteiger partial charge is 0.0569 e. The van der Waals surface area contributed by atoms with Crippen LogP contribution in [0.15, 0.2) is 18.3 Å². The number of anilines is 1. The molecule has 102 valence electrons. The molecule has 2 N–H and O–H groups in total. The van der Waals surface area contributed by atoms with Crippen molar-refractivity contribution in [1.82, 2.24) is 4.98 Å². The fraction of sp³-hybridized carbons (Fsp3) is 0.667. The van der Waals surface area contributed by atoms with Crippen LogP contribution in [0.1, 0.15) is 58.7 Å². The maximum Gasteiger partial charge on any atom is 0.0569 e. The maximum atomic E-state index is 5.82. The lowest BCUT2D eigenvalue weighted by Gasteiger charge is -2.29. The van der Waals surface area contributed by atoms with Gasteiger partial charge < -0.3 is 10.6 Å². The Morgan fingerprint density at radius 2 is 1.94 bits per heavy atom. The highest BCUT2D eigenvalue weighted by Gasteiger charge is 2.11. The van der Waals surface area contributed by atoms with Gasteiger partial charge in [-0.05, 0) is 39.3 Å². The van der Waals surface area contributed by atoms with E-state index in [0.717, 1.165) is 12.2 Å². The van der Waals surface area contributed by atoms with Crippen molar-refractivity contribution in [3.63, 3.8) is 0 Å². The summed E-state index contributed by atoms with van der Waals surface area (Å²) in [6.07, 6.45) is 5.73. The van der Waals surface area contributed by atoms with Gasteiger partial charge in [-0.2, -0.15) is 0 Å². The zero-order valence-corrected chi connectivity index (χ0v) is 12.2. The average molecular weight is 249 g/mol. The van der Waals surface area contributed by atoms with E-state index in [-0.39, 0.29) is 6.04 Å². The number of nitrogens with two attached hydrogens (primary N) is 1. The van der Waals surface area contributed by atoms with Crippen LogP contribution < -0.4 is 10.6 Å². The highest BCUT2D eigenvalue weighted by Crippen LogP contribution is 2.18. The summed E-state index contributed by atoms with van der Waals surface area (Å²) in [5.74, 6) is 0. The van der Waals surface area contributed by atoms with E-state index in [0.29, 0.717) is 6.04 Å². The highest BCUT2D eigenvalue weighted by molar-refractivity contribution is 5.45. The van der Waals surface area contributed by atoms with Gasteiger partial charge >= 0.3 is 0 Å². The number of rotatable bonds is 7. The molecule has 0 radical (unpaired) electrons. The van der Waals surface area contributed by atoms with E-state index in [1.165, 1.54) is 24.9 Å². The van der Waals surface area contributed by atoms with Crippen molar-refractivity contribution in [1.29, 1.82) is 0 Å². The van der Waals surface area contributed by atoms with Crippen molar-refractivity contribution in [3.05, 3.63) is 24.0 Å².